The van der Waals surface area contributed by atoms with Crippen molar-refractivity contribution >= 4 is 11.8 Å². The molecule has 1 saturated heterocycles. The van der Waals surface area contributed by atoms with Gasteiger partial charge in [0.2, 0.25) is 11.8 Å². The quantitative estimate of drug-likeness (QED) is 0.726. The van der Waals surface area contributed by atoms with Gasteiger partial charge in [0.05, 0.1) is 0 Å². The zero-order valence-corrected chi connectivity index (χ0v) is 10.2. The summed E-state index contributed by atoms with van der Waals surface area (Å²) in [6, 6.07) is -0.685. The van der Waals surface area contributed by atoms with E-state index in [4.69, 9.17) is 0 Å². The van der Waals surface area contributed by atoms with Gasteiger partial charge in [0.25, 0.3) is 0 Å². The first kappa shape index (κ1) is 12.7. The number of hydrogen-bond donors (Lipinski definition) is 1. The molecule has 4 heteroatoms. The maximum atomic E-state index is 12.0. The van der Waals surface area contributed by atoms with Crippen molar-refractivity contribution in [1.82, 2.24) is 10.2 Å². The Morgan fingerprint density at radius 2 is 2.12 bits per heavy atom. The fourth-order valence-corrected chi connectivity index (χ4v) is 1.85. The molecule has 0 spiro atoms. The van der Waals surface area contributed by atoms with Gasteiger partial charge >= 0.3 is 0 Å². The first-order valence-corrected chi connectivity index (χ1v) is 5.83. The van der Waals surface area contributed by atoms with Crippen LogP contribution >= 0.6 is 0 Å². The molecule has 2 unspecified atom stereocenters. The highest BCUT2D eigenvalue weighted by Gasteiger charge is 2.36. The fraction of sp³-hybridized carbons (Fsp3) is 0.667. The lowest BCUT2D eigenvalue weighted by molar-refractivity contribution is -0.148. The number of rotatable bonds is 4. The third-order valence-electron chi connectivity index (χ3n) is 2.93. The molecule has 4 nitrogen and oxygen atoms in total. The number of piperazine rings is 1. The van der Waals surface area contributed by atoms with E-state index >= 15 is 0 Å². The van der Waals surface area contributed by atoms with Crippen molar-refractivity contribution < 1.29 is 9.59 Å². The molecule has 1 heterocycles. The normalized spacial score (nSPS) is 26.3. The van der Waals surface area contributed by atoms with Crippen LogP contribution in [0.2, 0.25) is 0 Å². The Balaban J connectivity index is 2.69. The monoisotopic (exact) mass is 224 g/mol. The highest BCUT2D eigenvalue weighted by atomic mass is 16.2. The van der Waals surface area contributed by atoms with E-state index in [1.165, 1.54) is 0 Å². The van der Waals surface area contributed by atoms with Crippen LogP contribution in [-0.4, -0.2) is 35.3 Å². The highest BCUT2D eigenvalue weighted by molar-refractivity contribution is 5.96. The number of amides is 2. The third-order valence-corrected chi connectivity index (χ3v) is 2.93. The fourth-order valence-electron chi connectivity index (χ4n) is 1.85. The Hall–Kier alpha value is -1.32. The molecule has 1 aliphatic rings. The van der Waals surface area contributed by atoms with Gasteiger partial charge in [-0.3, -0.25) is 9.59 Å². The van der Waals surface area contributed by atoms with E-state index in [1.807, 2.05) is 26.0 Å². The summed E-state index contributed by atoms with van der Waals surface area (Å²) in [5.41, 5.74) is 0. The number of hydrogen-bond acceptors (Lipinski definition) is 2. The van der Waals surface area contributed by atoms with Gasteiger partial charge in [-0.05, 0) is 26.7 Å². The predicted molar refractivity (Wildman–Crippen MR) is 62.8 cm³/mol. The summed E-state index contributed by atoms with van der Waals surface area (Å²) < 4.78 is 0. The second-order valence-electron chi connectivity index (χ2n) is 4.03. The molecule has 0 bridgehead atoms. The Kier molecular flexibility index (Phi) is 4.52. The summed E-state index contributed by atoms with van der Waals surface area (Å²) in [7, 11) is 0. The number of nitrogens with one attached hydrogen (secondary N) is 1. The lowest BCUT2D eigenvalue weighted by atomic mass is 10.1. The van der Waals surface area contributed by atoms with Crippen LogP contribution in [-0.2, 0) is 9.59 Å². The van der Waals surface area contributed by atoms with Crippen LogP contribution in [0.1, 0.15) is 33.6 Å². The molecule has 0 aromatic rings. The van der Waals surface area contributed by atoms with Gasteiger partial charge in [-0.25, -0.2) is 0 Å². The third kappa shape index (κ3) is 2.62. The second-order valence-corrected chi connectivity index (χ2v) is 4.03. The summed E-state index contributed by atoms with van der Waals surface area (Å²) in [5, 5.41) is 2.74. The molecular weight excluding hydrogens is 204 g/mol. The molecule has 2 atom stereocenters. The van der Waals surface area contributed by atoms with Crippen molar-refractivity contribution in [2.45, 2.75) is 45.7 Å². The maximum Gasteiger partial charge on any atom is 0.245 e. The summed E-state index contributed by atoms with van der Waals surface area (Å²) in [4.78, 5) is 25.3. The largest absolute Gasteiger partial charge is 0.343 e. The van der Waals surface area contributed by atoms with Crippen molar-refractivity contribution in [3.63, 3.8) is 0 Å². The van der Waals surface area contributed by atoms with Crippen molar-refractivity contribution in [3.8, 4) is 0 Å². The van der Waals surface area contributed by atoms with Crippen LogP contribution in [0.3, 0.4) is 0 Å². The average Bonchev–Trinajstić information content (AvgIpc) is 2.28. The zero-order chi connectivity index (χ0) is 12.1. The Labute approximate surface area is 96.7 Å². The summed E-state index contributed by atoms with van der Waals surface area (Å²) in [6.45, 7) is 6.25. The lowest BCUT2D eigenvalue weighted by Gasteiger charge is -2.36. The molecule has 0 aromatic heterocycles. The van der Waals surface area contributed by atoms with Crippen molar-refractivity contribution in [2.75, 3.05) is 6.54 Å². The Bertz CT molecular complexity index is 299. The standard InChI is InChI=1S/C12H20N2O2/c1-4-6-7-8-14-9(3)11(15)13-10(5-2)12(14)16/h4,6,9-10H,5,7-8H2,1-3H3,(H,13,15)/b6-4+. The van der Waals surface area contributed by atoms with Crippen molar-refractivity contribution in [1.29, 1.82) is 0 Å². The average molecular weight is 224 g/mol. The van der Waals surface area contributed by atoms with E-state index in [2.05, 4.69) is 5.32 Å². The molecule has 0 aliphatic carbocycles. The minimum Gasteiger partial charge on any atom is -0.343 e. The number of nitrogens with zero attached hydrogens (tertiary/aromatic N) is 1. The molecule has 1 rings (SSSR count). The molecule has 16 heavy (non-hydrogen) atoms. The van der Waals surface area contributed by atoms with Crippen LogP contribution in [0.25, 0.3) is 0 Å². The number of carbonyl (C=O) groups is 2. The minimum absolute atomic E-state index is 0.0408. The first-order valence-electron chi connectivity index (χ1n) is 5.83. The zero-order valence-electron chi connectivity index (χ0n) is 10.2. The minimum atomic E-state index is -0.347. The maximum absolute atomic E-state index is 12.0. The summed E-state index contributed by atoms with van der Waals surface area (Å²) >= 11 is 0. The number of carbonyl (C=O) groups excluding carboxylic acids is 2. The molecule has 0 aromatic carbocycles. The van der Waals surface area contributed by atoms with Gasteiger partial charge in [0.1, 0.15) is 12.1 Å². The molecular formula is C12H20N2O2. The topological polar surface area (TPSA) is 49.4 Å². The van der Waals surface area contributed by atoms with Crippen LogP contribution in [0, 0.1) is 0 Å². The smallest absolute Gasteiger partial charge is 0.245 e. The van der Waals surface area contributed by atoms with Crippen LogP contribution in [0.4, 0.5) is 0 Å². The number of allylic oxidation sites excluding steroid dienone is 1. The van der Waals surface area contributed by atoms with Gasteiger partial charge < -0.3 is 10.2 Å². The molecule has 1 fully saturated rings. The molecule has 1 N–H and O–H groups in total. The Morgan fingerprint density at radius 1 is 1.44 bits per heavy atom. The van der Waals surface area contributed by atoms with Gasteiger partial charge in [-0.2, -0.15) is 0 Å². The predicted octanol–water partition coefficient (Wildman–Crippen LogP) is 1.08. The molecule has 2 amide bonds. The van der Waals surface area contributed by atoms with E-state index in [1.54, 1.807) is 11.8 Å². The van der Waals surface area contributed by atoms with E-state index in [9.17, 15) is 9.59 Å². The van der Waals surface area contributed by atoms with Gasteiger partial charge in [-0.15, -0.1) is 0 Å². The lowest BCUT2D eigenvalue weighted by Crippen LogP contribution is -2.62. The van der Waals surface area contributed by atoms with Crippen molar-refractivity contribution in [3.05, 3.63) is 12.2 Å². The van der Waals surface area contributed by atoms with Gasteiger partial charge in [0.15, 0.2) is 0 Å². The summed E-state index contributed by atoms with van der Waals surface area (Å²) in [6.07, 6.45) is 5.41. The van der Waals surface area contributed by atoms with E-state index in [0.29, 0.717) is 13.0 Å². The summed E-state index contributed by atoms with van der Waals surface area (Å²) in [5.74, 6) is -0.00830. The van der Waals surface area contributed by atoms with Crippen molar-refractivity contribution in [2.24, 2.45) is 0 Å². The molecule has 90 valence electrons. The van der Waals surface area contributed by atoms with E-state index < -0.39 is 0 Å². The Morgan fingerprint density at radius 3 is 2.69 bits per heavy atom. The highest BCUT2D eigenvalue weighted by Crippen LogP contribution is 2.12. The van der Waals surface area contributed by atoms with E-state index in [-0.39, 0.29) is 23.9 Å². The SMILES string of the molecule is C/C=C/CCN1C(=O)C(CC)NC(=O)C1C. The molecule has 0 radical (unpaired) electrons. The van der Waals surface area contributed by atoms with E-state index in [0.717, 1.165) is 6.42 Å². The van der Waals surface area contributed by atoms with Crippen LogP contribution in [0.5, 0.6) is 0 Å². The van der Waals surface area contributed by atoms with Crippen LogP contribution < -0.4 is 5.32 Å². The first-order chi connectivity index (χ1) is 7.61. The second kappa shape index (κ2) is 5.68. The van der Waals surface area contributed by atoms with Gasteiger partial charge in [0, 0.05) is 6.54 Å². The van der Waals surface area contributed by atoms with Crippen LogP contribution in [0.15, 0.2) is 12.2 Å². The molecule has 1 aliphatic heterocycles. The molecule has 0 saturated carbocycles. The van der Waals surface area contributed by atoms with Gasteiger partial charge in [-0.1, -0.05) is 19.1 Å².